The number of hydrogen-bond donors (Lipinski definition) is 1. The van der Waals surface area contributed by atoms with Crippen molar-refractivity contribution in [3.05, 3.63) is 94.1 Å². The fourth-order valence-corrected chi connectivity index (χ4v) is 7.37. The van der Waals surface area contributed by atoms with Gasteiger partial charge in [-0.05, 0) is 86.4 Å². The number of thiophene rings is 1. The second-order valence-corrected chi connectivity index (χ2v) is 11.4. The summed E-state index contributed by atoms with van der Waals surface area (Å²) in [6, 6.07) is 20.2. The minimum atomic E-state index is -0.219. The fourth-order valence-electron chi connectivity index (χ4n) is 5.56. The molecule has 0 spiro atoms. The topological polar surface area (TPSA) is 46.5 Å². The van der Waals surface area contributed by atoms with Gasteiger partial charge >= 0.3 is 6.03 Å². The molecular weight excluding hydrogens is 498 g/mol. The molecule has 2 aliphatic rings. The molecule has 5 nitrogen and oxygen atoms in total. The van der Waals surface area contributed by atoms with Crippen LogP contribution in [0.3, 0.4) is 0 Å². The zero-order valence-corrected chi connectivity index (χ0v) is 22.8. The number of thioether (sulfide) groups is 1. The van der Waals surface area contributed by atoms with Crippen LogP contribution in [0.2, 0.25) is 0 Å². The second kappa shape index (κ2) is 10.3. The number of ether oxygens (including phenoxy) is 1. The molecule has 37 heavy (non-hydrogen) atoms. The van der Waals surface area contributed by atoms with Crippen LogP contribution in [-0.4, -0.2) is 28.4 Å². The van der Waals surface area contributed by atoms with E-state index in [1.54, 1.807) is 11.8 Å². The molecule has 2 aromatic carbocycles. The van der Waals surface area contributed by atoms with Crippen LogP contribution in [0.25, 0.3) is 5.00 Å². The van der Waals surface area contributed by atoms with E-state index in [2.05, 4.69) is 58.7 Å². The number of carbonyl (C=O) groups excluding carboxylic acids is 1. The SMILES string of the molecule is CCOc1ccccc1NC(=O)N1Cc2c(sc3c2CCCC3)-n2cccc2C1c1ccc(SC)cc1. The van der Waals surface area contributed by atoms with Crippen molar-refractivity contribution in [1.29, 1.82) is 0 Å². The number of aromatic nitrogens is 1. The van der Waals surface area contributed by atoms with Crippen LogP contribution >= 0.6 is 23.1 Å². The number of nitrogens with one attached hydrogen (secondary N) is 1. The molecule has 1 aliphatic heterocycles. The Morgan fingerprint density at radius 1 is 1.05 bits per heavy atom. The van der Waals surface area contributed by atoms with Crippen molar-refractivity contribution >= 4 is 34.8 Å². The van der Waals surface area contributed by atoms with Crippen LogP contribution in [-0.2, 0) is 19.4 Å². The zero-order valence-electron chi connectivity index (χ0n) is 21.2. The highest BCUT2D eigenvalue weighted by Crippen LogP contribution is 2.44. The number of carbonyl (C=O) groups is 1. The van der Waals surface area contributed by atoms with E-state index in [4.69, 9.17) is 4.74 Å². The number of anilines is 1. The van der Waals surface area contributed by atoms with Gasteiger partial charge in [0.15, 0.2) is 0 Å². The van der Waals surface area contributed by atoms with Crippen LogP contribution in [0.15, 0.2) is 71.8 Å². The monoisotopic (exact) mass is 529 g/mol. The second-order valence-electron chi connectivity index (χ2n) is 9.46. The summed E-state index contributed by atoms with van der Waals surface area (Å²) in [6.07, 6.45) is 8.92. The molecule has 7 heteroatoms. The van der Waals surface area contributed by atoms with Crippen molar-refractivity contribution < 1.29 is 9.53 Å². The van der Waals surface area contributed by atoms with E-state index in [9.17, 15) is 4.79 Å². The van der Waals surface area contributed by atoms with E-state index in [0.29, 0.717) is 24.6 Å². The largest absolute Gasteiger partial charge is 0.492 e. The molecule has 2 amide bonds. The summed E-state index contributed by atoms with van der Waals surface area (Å²) in [4.78, 5) is 18.9. The number of benzene rings is 2. The van der Waals surface area contributed by atoms with Crippen LogP contribution in [0.1, 0.15) is 53.1 Å². The third kappa shape index (κ3) is 4.44. The highest BCUT2D eigenvalue weighted by molar-refractivity contribution is 7.98. The Morgan fingerprint density at radius 3 is 2.68 bits per heavy atom. The van der Waals surface area contributed by atoms with E-state index in [1.165, 1.54) is 38.7 Å². The molecule has 1 atom stereocenters. The number of aryl methyl sites for hydroxylation is 1. The van der Waals surface area contributed by atoms with Gasteiger partial charge in [-0.1, -0.05) is 24.3 Å². The summed E-state index contributed by atoms with van der Waals surface area (Å²) >= 11 is 3.64. The maximum Gasteiger partial charge on any atom is 0.323 e. The van der Waals surface area contributed by atoms with E-state index in [1.807, 2.05) is 47.4 Å². The van der Waals surface area contributed by atoms with Crippen molar-refractivity contribution in [1.82, 2.24) is 9.47 Å². The number of para-hydroxylation sites is 2. The standard InChI is InChI=1S/C30H31N3O2S2/c1-3-35-26-12-6-5-10-24(26)31-30(34)33-19-23-22-9-4-7-13-27(22)37-29(23)32-18-8-11-25(32)28(33)20-14-16-21(36-2)17-15-20/h5-6,8,10-12,14-18,28H,3-4,7,9,13,19H2,1-2H3,(H,31,34). The highest BCUT2D eigenvalue weighted by atomic mass is 32.2. The molecular formula is C30H31N3O2S2. The summed E-state index contributed by atoms with van der Waals surface area (Å²) in [6.45, 7) is 3.07. The summed E-state index contributed by atoms with van der Waals surface area (Å²) < 4.78 is 8.14. The molecule has 0 saturated heterocycles. The van der Waals surface area contributed by atoms with E-state index >= 15 is 0 Å². The lowest BCUT2D eigenvalue weighted by Gasteiger charge is -2.31. The maximum atomic E-state index is 14.2. The van der Waals surface area contributed by atoms with Gasteiger partial charge in [0, 0.05) is 21.5 Å². The highest BCUT2D eigenvalue weighted by Gasteiger charge is 2.36. The van der Waals surface area contributed by atoms with Gasteiger partial charge in [-0.3, -0.25) is 0 Å². The average molecular weight is 530 g/mol. The number of rotatable bonds is 5. The zero-order chi connectivity index (χ0) is 25.4. The van der Waals surface area contributed by atoms with E-state index < -0.39 is 0 Å². The van der Waals surface area contributed by atoms with Crippen LogP contribution in [0.5, 0.6) is 5.75 Å². The number of hydrogen-bond acceptors (Lipinski definition) is 4. The lowest BCUT2D eigenvalue weighted by molar-refractivity contribution is 0.194. The Morgan fingerprint density at radius 2 is 1.86 bits per heavy atom. The van der Waals surface area contributed by atoms with Crippen molar-refractivity contribution in [2.45, 2.75) is 50.1 Å². The number of nitrogens with zero attached hydrogens (tertiary/aromatic N) is 2. The molecule has 6 rings (SSSR count). The van der Waals surface area contributed by atoms with Gasteiger partial charge in [-0.15, -0.1) is 23.1 Å². The van der Waals surface area contributed by atoms with Crippen molar-refractivity contribution in [2.24, 2.45) is 0 Å². The summed E-state index contributed by atoms with van der Waals surface area (Å²) in [5.41, 5.74) is 5.67. The lowest BCUT2D eigenvalue weighted by Crippen LogP contribution is -2.38. The van der Waals surface area contributed by atoms with Crippen molar-refractivity contribution in [3.63, 3.8) is 0 Å². The van der Waals surface area contributed by atoms with Gasteiger partial charge in [-0.25, -0.2) is 4.79 Å². The third-order valence-electron chi connectivity index (χ3n) is 7.30. The molecule has 0 fully saturated rings. The Bertz CT molecular complexity index is 1420. The first-order valence-corrected chi connectivity index (χ1v) is 15.0. The van der Waals surface area contributed by atoms with Crippen molar-refractivity contribution in [2.75, 3.05) is 18.2 Å². The van der Waals surface area contributed by atoms with E-state index in [-0.39, 0.29) is 12.1 Å². The van der Waals surface area contributed by atoms with Gasteiger partial charge in [-0.2, -0.15) is 0 Å². The third-order valence-corrected chi connectivity index (χ3v) is 9.38. The molecule has 1 N–H and O–H groups in total. The smallest absolute Gasteiger partial charge is 0.323 e. The molecule has 4 aromatic rings. The molecule has 0 bridgehead atoms. The van der Waals surface area contributed by atoms with Gasteiger partial charge < -0.3 is 19.5 Å². The summed E-state index contributed by atoms with van der Waals surface area (Å²) in [7, 11) is 0. The summed E-state index contributed by atoms with van der Waals surface area (Å²) in [5.74, 6) is 0.686. The first kappa shape index (κ1) is 24.2. The maximum absolute atomic E-state index is 14.2. The minimum Gasteiger partial charge on any atom is -0.492 e. The van der Waals surface area contributed by atoms with Crippen molar-refractivity contribution in [3.8, 4) is 10.8 Å². The molecule has 0 saturated carbocycles. The Hall–Kier alpha value is -3.16. The molecule has 2 aromatic heterocycles. The minimum absolute atomic E-state index is 0.123. The quantitative estimate of drug-likeness (QED) is 0.270. The number of urea groups is 1. The van der Waals surface area contributed by atoms with Gasteiger partial charge in [0.25, 0.3) is 0 Å². The van der Waals surface area contributed by atoms with E-state index in [0.717, 1.165) is 24.1 Å². The Balaban J connectivity index is 1.47. The molecule has 1 unspecified atom stereocenters. The number of fused-ring (bicyclic) bond motifs is 5. The molecule has 1 aliphatic carbocycles. The predicted octanol–water partition coefficient (Wildman–Crippen LogP) is 7.68. The van der Waals surface area contributed by atoms with Gasteiger partial charge in [0.2, 0.25) is 0 Å². The van der Waals surface area contributed by atoms with Crippen LogP contribution in [0, 0.1) is 0 Å². The predicted molar refractivity (Wildman–Crippen MR) is 153 cm³/mol. The lowest BCUT2D eigenvalue weighted by atomic mass is 9.95. The van der Waals surface area contributed by atoms with Gasteiger partial charge in [0.05, 0.1) is 30.6 Å². The Kier molecular flexibility index (Phi) is 6.74. The first-order valence-electron chi connectivity index (χ1n) is 12.9. The Labute approximate surface area is 226 Å². The normalized spacial score (nSPS) is 16.4. The average Bonchev–Trinajstić information content (AvgIpc) is 3.52. The molecule has 190 valence electrons. The fraction of sp³-hybridized carbons (Fsp3) is 0.300. The van der Waals surface area contributed by atoms with Gasteiger partial charge in [0.1, 0.15) is 10.8 Å². The molecule has 3 heterocycles. The molecule has 0 radical (unpaired) electrons. The first-order chi connectivity index (χ1) is 18.2. The van der Waals surface area contributed by atoms with Crippen LogP contribution < -0.4 is 10.1 Å². The van der Waals surface area contributed by atoms with Crippen LogP contribution in [0.4, 0.5) is 10.5 Å². The number of amides is 2. The summed E-state index contributed by atoms with van der Waals surface area (Å²) in [5, 5.41) is 4.46.